The van der Waals surface area contributed by atoms with Gasteiger partial charge in [-0.2, -0.15) is 0 Å². The number of halogens is 2. The molecule has 0 saturated heterocycles. The van der Waals surface area contributed by atoms with Crippen LogP contribution >= 0.6 is 23.2 Å². The maximum absolute atomic E-state index is 9.98. The quantitative estimate of drug-likeness (QED) is 0.717. The summed E-state index contributed by atoms with van der Waals surface area (Å²) < 4.78 is 5.49. The molecule has 0 amide bonds. The Kier molecular flexibility index (Phi) is 6.14. The van der Waals surface area contributed by atoms with E-state index >= 15 is 0 Å². The predicted molar refractivity (Wildman–Crippen MR) is 84.3 cm³/mol. The fourth-order valence-corrected chi connectivity index (χ4v) is 2.88. The molecule has 1 aliphatic rings. The average Bonchev–Trinajstić information content (AvgIpc) is 2.96. The highest BCUT2D eigenvalue weighted by Gasteiger charge is 2.32. The van der Waals surface area contributed by atoms with Gasteiger partial charge in [0, 0.05) is 18.2 Å². The lowest BCUT2D eigenvalue weighted by Crippen LogP contribution is -2.49. The minimum Gasteiger partial charge on any atom is -0.491 e. The van der Waals surface area contributed by atoms with Crippen molar-refractivity contribution in [2.75, 3.05) is 19.8 Å². The van der Waals surface area contributed by atoms with E-state index in [2.05, 4.69) is 5.32 Å². The number of benzene rings is 1. The third-order valence-electron chi connectivity index (χ3n) is 3.91. The molecule has 1 aromatic carbocycles. The van der Waals surface area contributed by atoms with Crippen LogP contribution in [0.3, 0.4) is 0 Å². The molecule has 118 valence electrons. The zero-order valence-electron chi connectivity index (χ0n) is 11.8. The summed E-state index contributed by atoms with van der Waals surface area (Å²) in [5.41, 5.74) is -0.232. The van der Waals surface area contributed by atoms with Crippen molar-refractivity contribution in [3.05, 3.63) is 28.2 Å². The van der Waals surface area contributed by atoms with Crippen molar-refractivity contribution in [3.8, 4) is 5.75 Å². The van der Waals surface area contributed by atoms with Crippen molar-refractivity contribution < 1.29 is 14.9 Å². The first-order chi connectivity index (χ1) is 10.0. The van der Waals surface area contributed by atoms with Gasteiger partial charge in [-0.05, 0) is 25.0 Å². The number of rotatable bonds is 7. The Morgan fingerprint density at radius 3 is 2.57 bits per heavy atom. The predicted octanol–water partition coefficient (Wildman–Crippen LogP) is 2.63. The number of hydrogen-bond acceptors (Lipinski definition) is 4. The summed E-state index contributed by atoms with van der Waals surface area (Å²) in [5, 5.41) is 23.6. The number of aliphatic hydroxyl groups is 2. The normalized spacial score (nSPS) is 18.7. The maximum atomic E-state index is 9.98. The molecule has 1 unspecified atom stereocenters. The van der Waals surface area contributed by atoms with E-state index in [1.807, 2.05) is 0 Å². The molecule has 0 radical (unpaired) electrons. The van der Waals surface area contributed by atoms with Gasteiger partial charge in [0.15, 0.2) is 0 Å². The molecule has 1 fully saturated rings. The van der Waals surface area contributed by atoms with Crippen molar-refractivity contribution >= 4 is 23.2 Å². The number of hydrogen-bond donors (Lipinski definition) is 3. The Labute approximate surface area is 135 Å². The van der Waals surface area contributed by atoms with Crippen LogP contribution in [-0.4, -0.2) is 41.6 Å². The summed E-state index contributed by atoms with van der Waals surface area (Å²) in [6.07, 6.45) is 3.48. The van der Waals surface area contributed by atoms with E-state index in [1.165, 1.54) is 0 Å². The lowest BCUT2D eigenvalue weighted by atomic mass is 9.99. The molecule has 0 bridgehead atoms. The summed E-state index contributed by atoms with van der Waals surface area (Å²) in [5.74, 6) is 0.571. The van der Waals surface area contributed by atoms with Crippen LogP contribution in [-0.2, 0) is 0 Å². The molecule has 0 heterocycles. The molecule has 21 heavy (non-hydrogen) atoms. The molecule has 3 N–H and O–H groups in total. The Morgan fingerprint density at radius 1 is 1.24 bits per heavy atom. The summed E-state index contributed by atoms with van der Waals surface area (Å²) in [6.45, 7) is 0.654. The van der Waals surface area contributed by atoms with E-state index in [-0.39, 0.29) is 18.8 Å². The van der Waals surface area contributed by atoms with Gasteiger partial charge < -0.3 is 20.3 Å². The van der Waals surface area contributed by atoms with Crippen LogP contribution in [0.25, 0.3) is 0 Å². The number of aliphatic hydroxyl groups excluding tert-OH is 2. The molecule has 1 aromatic rings. The number of ether oxygens (including phenoxy) is 1. The Hall–Kier alpha value is -0.520. The Morgan fingerprint density at radius 2 is 1.95 bits per heavy atom. The van der Waals surface area contributed by atoms with Gasteiger partial charge in [-0.25, -0.2) is 0 Å². The van der Waals surface area contributed by atoms with E-state index in [4.69, 9.17) is 27.9 Å². The van der Waals surface area contributed by atoms with Crippen molar-refractivity contribution in [1.29, 1.82) is 0 Å². The molecule has 1 aliphatic carbocycles. The summed E-state index contributed by atoms with van der Waals surface area (Å²) >= 11 is 11.7. The van der Waals surface area contributed by atoms with Gasteiger partial charge >= 0.3 is 0 Å². The highest BCUT2D eigenvalue weighted by molar-refractivity contribution is 6.42. The Balaban J connectivity index is 1.76. The van der Waals surface area contributed by atoms with Crippen molar-refractivity contribution in [2.24, 2.45) is 0 Å². The van der Waals surface area contributed by atoms with Crippen LogP contribution in [0.15, 0.2) is 18.2 Å². The maximum Gasteiger partial charge on any atom is 0.121 e. The summed E-state index contributed by atoms with van der Waals surface area (Å²) in [4.78, 5) is 0. The second-order valence-corrected chi connectivity index (χ2v) is 6.38. The first-order valence-electron chi connectivity index (χ1n) is 7.16. The summed E-state index contributed by atoms with van der Waals surface area (Å²) in [7, 11) is 0. The molecule has 1 saturated carbocycles. The van der Waals surface area contributed by atoms with Gasteiger partial charge in [0.2, 0.25) is 0 Å². The van der Waals surface area contributed by atoms with E-state index in [0.717, 1.165) is 25.7 Å². The van der Waals surface area contributed by atoms with Gasteiger partial charge in [0.05, 0.1) is 16.7 Å². The third-order valence-corrected chi connectivity index (χ3v) is 4.65. The monoisotopic (exact) mass is 333 g/mol. The van der Waals surface area contributed by atoms with Crippen molar-refractivity contribution in [1.82, 2.24) is 5.32 Å². The van der Waals surface area contributed by atoms with Crippen LogP contribution in [0.4, 0.5) is 0 Å². The second kappa shape index (κ2) is 7.65. The number of β-amino-alcohol motifs (C(OH)–C–C–N with tert-alkyl or cyclic N) is 1. The number of nitrogens with one attached hydrogen (secondary N) is 1. The topological polar surface area (TPSA) is 61.7 Å². The zero-order valence-corrected chi connectivity index (χ0v) is 13.3. The molecule has 0 aromatic heterocycles. The van der Waals surface area contributed by atoms with Crippen molar-refractivity contribution in [3.63, 3.8) is 0 Å². The van der Waals surface area contributed by atoms with Gasteiger partial charge in [-0.15, -0.1) is 0 Å². The van der Waals surface area contributed by atoms with E-state index in [1.54, 1.807) is 18.2 Å². The van der Waals surface area contributed by atoms with Gasteiger partial charge in [0.1, 0.15) is 18.5 Å². The molecule has 2 rings (SSSR count). The van der Waals surface area contributed by atoms with E-state index in [9.17, 15) is 10.2 Å². The van der Waals surface area contributed by atoms with Crippen LogP contribution in [0.1, 0.15) is 25.7 Å². The SMILES string of the molecule is OCC1(NCC(O)COc2ccc(Cl)c(Cl)c2)CCCC1. The Bertz CT molecular complexity index is 464. The van der Waals surface area contributed by atoms with Gasteiger partial charge in [-0.3, -0.25) is 0 Å². The van der Waals surface area contributed by atoms with Gasteiger partial charge in [-0.1, -0.05) is 36.0 Å². The second-order valence-electron chi connectivity index (χ2n) is 5.57. The molecule has 6 heteroatoms. The lowest BCUT2D eigenvalue weighted by Gasteiger charge is -2.29. The largest absolute Gasteiger partial charge is 0.491 e. The smallest absolute Gasteiger partial charge is 0.121 e. The average molecular weight is 334 g/mol. The minimum atomic E-state index is -0.650. The first-order valence-corrected chi connectivity index (χ1v) is 7.92. The highest BCUT2D eigenvalue weighted by Crippen LogP contribution is 2.29. The lowest BCUT2D eigenvalue weighted by molar-refractivity contribution is 0.0850. The molecule has 0 spiro atoms. The van der Waals surface area contributed by atoms with Crippen LogP contribution < -0.4 is 10.1 Å². The van der Waals surface area contributed by atoms with E-state index < -0.39 is 6.10 Å². The zero-order chi connectivity index (χ0) is 15.3. The first kappa shape index (κ1) is 16.8. The molecular formula is C15H21Cl2NO3. The molecular weight excluding hydrogens is 313 g/mol. The molecule has 0 aliphatic heterocycles. The van der Waals surface area contributed by atoms with Gasteiger partial charge in [0.25, 0.3) is 0 Å². The molecule has 4 nitrogen and oxygen atoms in total. The van der Waals surface area contributed by atoms with Crippen LogP contribution in [0.2, 0.25) is 10.0 Å². The third kappa shape index (κ3) is 4.73. The van der Waals surface area contributed by atoms with Crippen LogP contribution in [0, 0.1) is 0 Å². The van der Waals surface area contributed by atoms with E-state index in [0.29, 0.717) is 22.3 Å². The summed E-state index contributed by atoms with van der Waals surface area (Å²) in [6, 6.07) is 4.99. The van der Waals surface area contributed by atoms with Crippen LogP contribution in [0.5, 0.6) is 5.75 Å². The standard InChI is InChI=1S/C15H21Cl2NO3/c16-13-4-3-12(7-14(13)17)21-9-11(20)8-18-15(10-19)5-1-2-6-15/h3-4,7,11,18-20H,1-2,5-6,8-10H2. The fourth-order valence-electron chi connectivity index (χ4n) is 2.59. The minimum absolute atomic E-state index is 0.105. The van der Waals surface area contributed by atoms with Crippen molar-refractivity contribution in [2.45, 2.75) is 37.3 Å². The fraction of sp³-hybridized carbons (Fsp3) is 0.600. The molecule has 1 atom stereocenters. The highest BCUT2D eigenvalue weighted by atomic mass is 35.5.